The molecule has 2 aromatic rings. The maximum absolute atomic E-state index is 13.7. The average molecular weight is 282 g/mol. The molecular formula is C11H8F2N4OS. The lowest BCUT2D eigenvalue weighted by Crippen LogP contribution is -2.31. The van der Waals surface area contributed by atoms with Gasteiger partial charge in [0.15, 0.2) is 0 Å². The molecule has 0 radical (unpaired) electrons. The molecule has 0 saturated heterocycles. The number of hydrogen-bond donors (Lipinski definition) is 1. The van der Waals surface area contributed by atoms with Crippen molar-refractivity contribution in [1.29, 1.82) is 0 Å². The van der Waals surface area contributed by atoms with Gasteiger partial charge in [-0.15, -0.1) is 5.10 Å². The zero-order valence-corrected chi connectivity index (χ0v) is 10.3. The van der Waals surface area contributed by atoms with Crippen LogP contribution < -0.4 is 10.6 Å². The highest BCUT2D eigenvalue weighted by molar-refractivity contribution is 7.03. The lowest BCUT2D eigenvalue weighted by molar-refractivity contribution is -0.119. The van der Waals surface area contributed by atoms with Crippen LogP contribution in [0.15, 0.2) is 17.5 Å². The summed E-state index contributed by atoms with van der Waals surface area (Å²) in [7, 11) is 0. The Morgan fingerprint density at radius 1 is 1.42 bits per heavy atom. The Hall–Kier alpha value is -1.93. The molecule has 0 bridgehead atoms. The van der Waals surface area contributed by atoms with Crippen molar-refractivity contribution in [2.45, 2.75) is 12.6 Å². The van der Waals surface area contributed by atoms with Crippen molar-refractivity contribution < 1.29 is 13.6 Å². The van der Waals surface area contributed by atoms with Crippen molar-refractivity contribution in [2.24, 2.45) is 5.73 Å². The first-order chi connectivity index (χ1) is 9.08. The molecule has 8 heteroatoms. The molecule has 0 saturated carbocycles. The minimum Gasteiger partial charge on any atom is -0.316 e. The van der Waals surface area contributed by atoms with E-state index in [1.165, 1.54) is 4.90 Å². The van der Waals surface area contributed by atoms with Gasteiger partial charge in [0.05, 0.1) is 17.9 Å². The summed E-state index contributed by atoms with van der Waals surface area (Å²) < 4.78 is 30.7. The summed E-state index contributed by atoms with van der Waals surface area (Å²) in [6.07, 6.45) is 0. The first kappa shape index (κ1) is 12.1. The van der Waals surface area contributed by atoms with Gasteiger partial charge in [-0.2, -0.15) is 0 Å². The van der Waals surface area contributed by atoms with Gasteiger partial charge in [-0.05, 0) is 17.6 Å². The number of hydrogen-bond acceptors (Lipinski definition) is 5. The summed E-state index contributed by atoms with van der Waals surface area (Å²) >= 11 is 1.13. The Bertz CT molecular complexity index is 646. The highest BCUT2D eigenvalue weighted by Crippen LogP contribution is 2.37. The molecule has 2 heterocycles. The van der Waals surface area contributed by atoms with Crippen molar-refractivity contribution in [2.75, 3.05) is 4.90 Å². The predicted molar refractivity (Wildman–Crippen MR) is 64.4 cm³/mol. The van der Waals surface area contributed by atoms with Crippen LogP contribution in [0.1, 0.15) is 17.3 Å². The largest absolute Gasteiger partial charge is 0.316 e. The first-order valence-electron chi connectivity index (χ1n) is 5.40. The van der Waals surface area contributed by atoms with E-state index in [9.17, 15) is 13.6 Å². The number of nitrogens with zero attached hydrogens (tertiary/aromatic N) is 3. The fourth-order valence-corrected chi connectivity index (χ4v) is 2.53. The molecule has 0 aliphatic carbocycles. The molecule has 1 aliphatic heterocycles. The van der Waals surface area contributed by atoms with Crippen LogP contribution >= 0.6 is 11.5 Å². The van der Waals surface area contributed by atoms with Crippen molar-refractivity contribution in [3.05, 3.63) is 40.4 Å². The first-order valence-corrected chi connectivity index (χ1v) is 6.23. The van der Waals surface area contributed by atoms with E-state index in [-0.39, 0.29) is 17.8 Å². The molecule has 1 aromatic heterocycles. The molecule has 1 amide bonds. The lowest BCUT2D eigenvalue weighted by atomic mass is 10.1. The number of carbonyl (C=O) groups excluding carboxylic acids is 1. The van der Waals surface area contributed by atoms with E-state index in [4.69, 9.17) is 5.73 Å². The zero-order chi connectivity index (χ0) is 13.6. The molecule has 1 unspecified atom stereocenters. The molecule has 0 spiro atoms. The molecule has 3 rings (SSSR count). The summed E-state index contributed by atoms with van der Waals surface area (Å²) in [5.41, 5.74) is 6.40. The fraction of sp³-hybridized carbons (Fsp3) is 0.182. The van der Waals surface area contributed by atoms with Crippen LogP contribution in [0.3, 0.4) is 0 Å². The topological polar surface area (TPSA) is 72.1 Å². The molecular weight excluding hydrogens is 274 g/mol. The van der Waals surface area contributed by atoms with Crippen LogP contribution in [0.25, 0.3) is 0 Å². The second-order valence-corrected chi connectivity index (χ2v) is 4.73. The van der Waals surface area contributed by atoms with Crippen LogP contribution in [-0.2, 0) is 11.3 Å². The lowest BCUT2D eigenvalue weighted by Gasteiger charge is -2.15. The van der Waals surface area contributed by atoms with Gasteiger partial charge >= 0.3 is 0 Å². The maximum Gasteiger partial charge on any atom is 0.249 e. The van der Waals surface area contributed by atoms with Gasteiger partial charge in [-0.3, -0.25) is 4.79 Å². The molecule has 2 N–H and O–H groups in total. The second-order valence-electron chi connectivity index (χ2n) is 4.12. The Kier molecular flexibility index (Phi) is 2.76. The maximum atomic E-state index is 13.7. The molecule has 1 atom stereocenters. The predicted octanol–water partition coefficient (Wildman–Crippen LogP) is 1.36. The molecule has 1 aromatic carbocycles. The molecule has 1 aliphatic rings. The Labute approximate surface area is 110 Å². The van der Waals surface area contributed by atoms with Crippen LogP contribution in [0, 0.1) is 11.6 Å². The second kappa shape index (κ2) is 4.32. The number of fused-ring (bicyclic) bond motifs is 1. The highest BCUT2D eigenvalue weighted by Gasteiger charge is 2.38. The normalized spacial score (nSPS) is 17.9. The van der Waals surface area contributed by atoms with Crippen molar-refractivity contribution in [3.63, 3.8) is 0 Å². The van der Waals surface area contributed by atoms with Gasteiger partial charge in [0.1, 0.15) is 17.7 Å². The summed E-state index contributed by atoms with van der Waals surface area (Å²) in [6.45, 7) is 0.0962. The summed E-state index contributed by atoms with van der Waals surface area (Å²) in [6, 6.07) is 0.713. The molecule has 0 fully saturated rings. The Morgan fingerprint density at radius 3 is 2.89 bits per heavy atom. The van der Waals surface area contributed by atoms with E-state index in [0.29, 0.717) is 5.69 Å². The van der Waals surface area contributed by atoms with Crippen LogP contribution in [0.5, 0.6) is 0 Å². The number of rotatable bonds is 2. The van der Waals surface area contributed by atoms with Crippen LogP contribution in [0.2, 0.25) is 0 Å². The standard InChI is InChI=1S/C11H8F2N4OS/c12-5-1-7(13)9-8(2-5)17(11(18)10(9)14)3-6-4-19-16-15-6/h1-2,4,10H,3,14H2. The minimum atomic E-state index is -1.11. The van der Waals surface area contributed by atoms with Crippen LogP contribution in [-0.4, -0.2) is 15.5 Å². The Balaban J connectivity index is 2.06. The Morgan fingerprint density at radius 2 is 2.21 bits per heavy atom. The zero-order valence-electron chi connectivity index (χ0n) is 9.51. The minimum absolute atomic E-state index is 0.0228. The summed E-state index contributed by atoms with van der Waals surface area (Å²) in [4.78, 5) is 13.2. The number of amides is 1. The smallest absolute Gasteiger partial charge is 0.249 e. The van der Waals surface area contributed by atoms with Gasteiger partial charge < -0.3 is 10.6 Å². The third kappa shape index (κ3) is 1.89. The third-order valence-electron chi connectivity index (χ3n) is 2.93. The van der Waals surface area contributed by atoms with Gasteiger partial charge in [-0.1, -0.05) is 4.49 Å². The van der Waals surface area contributed by atoms with Gasteiger partial charge in [0, 0.05) is 17.0 Å². The van der Waals surface area contributed by atoms with Gasteiger partial charge in [-0.25, -0.2) is 8.78 Å². The SMILES string of the molecule is NC1C(=O)N(Cc2csnn2)c2cc(F)cc(F)c21. The summed E-state index contributed by atoms with van der Waals surface area (Å²) in [5, 5.41) is 5.46. The van der Waals surface area contributed by atoms with E-state index in [1.807, 2.05) is 0 Å². The van der Waals surface area contributed by atoms with E-state index < -0.39 is 23.6 Å². The number of carbonyl (C=O) groups is 1. The highest BCUT2D eigenvalue weighted by atomic mass is 32.1. The molecule has 5 nitrogen and oxygen atoms in total. The number of nitrogens with two attached hydrogens (primary N) is 1. The third-order valence-corrected chi connectivity index (χ3v) is 3.49. The number of aromatic nitrogens is 2. The molecule has 19 heavy (non-hydrogen) atoms. The van der Waals surface area contributed by atoms with E-state index in [1.54, 1.807) is 5.38 Å². The van der Waals surface area contributed by atoms with Crippen molar-refractivity contribution >= 4 is 23.1 Å². The van der Waals surface area contributed by atoms with E-state index in [2.05, 4.69) is 9.59 Å². The summed E-state index contributed by atoms with van der Waals surface area (Å²) in [5.74, 6) is -2.04. The molecule has 98 valence electrons. The van der Waals surface area contributed by atoms with Crippen molar-refractivity contribution in [1.82, 2.24) is 9.59 Å². The van der Waals surface area contributed by atoms with Gasteiger partial charge in [0.25, 0.3) is 0 Å². The average Bonchev–Trinajstić information content (AvgIpc) is 2.93. The van der Waals surface area contributed by atoms with E-state index >= 15 is 0 Å². The van der Waals surface area contributed by atoms with Crippen LogP contribution in [0.4, 0.5) is 14.5 Å². The quantitative estimate of drug-likeness (QED) is 0.902. The number of halogens is 2. The fourth-order valence-electron chi connectivity index (χ4n) is 2.09. The number of benzene rings is 1. The monoisotopic (exact) mass is 282 g/mol. The number of anilines is 1. The van der Waals surface area contributed by atoms with Crippen molar-refractivity contribution in [3.8, 4) is 0 Å². The van der Waals surface area contributed by atoms with E-state index in [0.717, 1.165) is 23.7 Å². The van der Waals surface area contributed by atoms with Gasteiger partial charge in [0.2, 0.25) is 5.91 Å².